The Morgan fingerprint density at radius 1 is 1.33 bits per heavy atom. The van der Waals surface area contributed by atoms with E-state index in [1.165, 1.54) is 6.07 Å². The van der Waals surface area contributed by atoms with Gasteiger partial charge >= 0.3 is 0 Å². The Labute approximate surface area is 106 Å². The maximum absolute atomic E-state index is 13.8. The first kappa shape index (κ1) is 12.8. The van der Waals surface area contributed by atoms with Crippen LogP contribution in [0, 0.1) is 11.7 Å². The fourth-order valence-electron chi connectivity index (χ4n) is 2.06. The van der Waals surface area contributed by atoms with E-state index >= 15 is 0 Å². The molecular weight excluding hydrogens is 229 g/mol. The summed E-state index contributed by atoms with van der Waals surface area (Å²) in [5.74, 6) is 0.220. The number of benzene rings is 1. The highest BCUT2D eigenvalue weighted by Crippen LogP contribution is 2.22. The van der Waals surface area contributed by atoms with E-state index in [9.17, 15) is 4.39 Å². The van der Waals surface area contributed by atoms with Gasteiger partial charge in [0, 0.05) is 6.04 Å². The van der Waals surface area contributed by atoms with Crippen molar-refractivity contribution in [3.05, 3.63) is 48.3 Å². The van der Waals surface area contributed by atoms with Crippen molar-refractivity contribution >= 4 is 0 Å². The number of imidazole rings is 1. The number of hydrogen-bond donors (Lipinski definition) is 1. The fourth-order valence-corrected chi connectivity index (χ4v) is 2.06. The van der Waals surface area contributed by atoms with E-state index in [1.807, 2.05) is 0 Å². The Kier molecular flexibility index (Phi) is 3.77. The number of nitrogens with two attached hydrogens (primary N) is 1. The van der Waals surface area contributed by atoms with Crippen LogP contribution in [0.15, 0.2) is 36.8 Å². The van der Waals surface area contributed by atoms with Gasteiger partial charge in [0.1, 0.15) is 5.82 Å². The molecule has 18 heavy (non-hydrogen) atoms. The standard InChI is InChI=1S/C14H18FN3/c1-10(2)7-12(16)14-8-17-9-18(14)13-6-4-3-5-11(13)15/h3-6,8-10,12H,7,16H2,1-2H3. The predicted molar refractivity (Wildman–Crippen MR) is 69.9 cm³/mol. The number of rotatable bonds is 4. The first-order valence-corrected chi connectivity index (χ1v) is 6.12. The number of halogens is 1. The molecule has 1 atom stereocenters. The van der Waals surface area contributed by atoms with E-state index in [0.717, 1.165) is 12.1 Å². The van der Waals surface area contributed by atoms with E-state index in [-0.39, 0.29) is 11.9 Å². The van der Waals surface area contributed by atoms with E-state index in [0.29, 0.717) is 11.6 Å². The Bertz CT molecular complexity index is 519. The summed E-state index contributed by atoms with van der Waals surface area (Å²) < 4.78 is 15.5. The number of aromatic nitrogens is 2. The minimum Gasteiger partial charge on any atom is -0.323 e. The summed E-state index contributed by atoms with van der Waals surface area (Å²) in [5.41, 5.74) is 7.48. The molecule has 4 heteroatoms. The molecule has 0 saturated carbocycles. The first-order chi connectivity index (χ1) is 8.59. The van der Waals surface area contributed by atoms with Gasteiger partial charge in [0.25, 0.3) is 0 Å². The monoisotopic (exact) mass is 247 g/mol. The fraction of sp³-hybridized carbons (Fsp3) is 0.357. The smallest absolute Gasteiger partial charge is 0.147 e. The average Bonchev–Trinajstić information content (AvgIpc) is 2.77. The van der Waals surface area contributed by atoms with Crippen molar-refractivity contribution in [1.29, 1.82) is 0 Å². The third-order valence-corrected chi connectivity index (χ3v) is 2.88. The Morgan fingerprint density at radius 3 is 2.72 bits per heavy atom. The van der Waals surface area contributed by atoms with Gasteiger partial charge in [-0.25, -0.2) is 9.37 Å². The highest BCUT2D eigenvalue weighted by atomic mass is 19.1. The summed E-state index contributed by atoms with van der Waals surface area (Å²) in [6, 6.07) is 6.50. The summed E-state index contributed by atoms with van der Waals surface area (Å²) in [6.07, 6.45) is 4.16. The molecule has 0 aliphatic carbocycles. The predicted octanol–water partition coefficient (Wildman–Crippen LogP) is 3.06. The topological polar surface area (TPSA) is 43.8 Å². The van der Waals surface area contributed by atoms with Crippen molar-refractivity contribution in [2.75, 3.05) is 0 Å². The number of nitrogens with zero attached hydrogens (tertiary/aromatic N) is 2. The molecule has 3 nitrogen and oxygen atoms in total. The summed E-state index contributed by atoms with van der Waals surface area (Å²) in [6.45, 7) is 4.23. The second kappa shape index (κ2) is 5.31. The molecule has 0 spiro atoms. The molecule has 1 aromatic heterocycles. The molecule has 1 heterocycles. The summed E-state index contributed by atoms with van der Waals surface area (Å²) in [4.78, 5) is 4.08. The zero-order valence-corrected chi connectivity index (χ0v) is 10.7. The lowest BCUT2D eigenvalue weighted by molar-refractivity contribution is 0.496. The van der Waals surface area contributed by atoms with Crippen LogP contribution in [0.25, 0.3) is 5.69 Å². The zero-order valence-electron chi connectivity index (χ0n) is 10.7. The second-order valence-electron chi connectivity index (χ2n) is 4.88. The molecule has 0 aliphatic heterocycles. The van der Waals surface area contributed by atoms with E-state index < -0.39 is 0 Å². The van der Waals surface area contributed by atoms with E-state index in [2.05, 4.69) is 18.8 Å². The van der Waals surface area contributed by atoms with Crippen molar-refractivity contribution < 1.29 is 4.39 Å². The molecule has 2 rings (SSSR count). The van der Waals surface area contributed by atoms with Crippen LogP contribution >= 0.6 is 0 Å². The summed E-state index contributed by atoms with van der Waals surface area (Å²) >= 11 is 0. The van der Waals surface area contributed by atoms with Crippen molar-refractivity contribution in [2.24, 2.45) is 11.7 Å². The van der Waals surface area contributed by atoms with Crippen molar-refractivity contribution in [1.82, 2.24) is 9.55 Å². The first-order valence-electron chi connectivity index (χ1n) is 6.12. The van der Waals surface area contributed by atoms with Crippen LogP contribution in [0.2, 0.25) is 0 Å². The Hall–Kier alpha value is -1.68. The SMILES string of the molecule is CC(C)CC(N)c1cncn1-c1ccccc1F. The molecule has 2 aromatic rings. The molecular formula is C14H18FN3. The molecule has 0 bridgehead atoms. The van der Waals surface area contributed by atoms with Gasteiger partial charge in [-0.15, -0.1) is 0 Å². The minimum absolute atomic E-state index is 0.132. The summed E-state index contributed by atoms with van der Waals surface area (Å²) in [5, 5.41) is 0. The van der Waals surface area contributed by atoms with Gasteiger partial charge < -0.3 is 5.73 Å². The average molecular weight is 247 g/mol. The quantitative estimate of drug-likeness (QED) is 0.902. The van der Waals surface area contributed by atoms with E-state index in [1.54, 1.807) is 35.3 Å². The van der Waals surface area contributed by atoms with Crippen molar-refractivity contribution in [2.45, 2.75) is 26.3 Å². The van der Waals surface area contributed by atoms with Crippen LogP contribution in [-0.2, 0) is 0 Å². The molecule has 0 radical (unpaired) electrons. The molecule has 0 saturated heterocycles. The van der Waals surface area contributed by atoms with Crippen molar-refractivity contribution in [3.63, 3.8) is 0 Å². The molecule has 96 valence electrons. The lowest BCUT2D eigenvalue weighted by Crippen LogP contribution is -2.17. The number of hydrogen-bond acceptors (Lipinski definition) is 2. The van der Waals surface area contributed by atoms with Gasteiger partial charge in [-0.1, -0.05) is 26.0 Å². The molecule has 1 unspecified atom stereocenters. The van der Waals surface area contributed by atoms with Gasteiger partial charge in [-0.05, 0) is 24.5 Å². The van der Waals surface area contributed by atoms with Gasteiger partial charge in [-0.3, -0.25) is 4.57 Å². The van der Waals surface area contributed by atoms with Crippen molar-refractivity contribution in [3.8, 4) is 5.69 Å². The molecule has 0 fully saturated rings. The minimum atomic E-state index is -0.270. The van der Waals surface area contributed by atoms with Crippen LogP contribution in [0.1, 0.15) is 32.0 Å². The molecule has 1 aromatic carbocycles. The summed E-state index contributed by atoms with van der Waals surface area (Å²) in [7, 11) is 0. The zero-order chi connectivity index (χ0) is 13.1. The Balaban J connectivity index is 2.36. The van der Waals surface area contributed by atoms with Gasteiger partial charge in [-0.2, -0.15) is 0 Å². The van der Waals surface area contributed by atoms with E-state index in [4.69, 9.17) is 5.73 Å². The normalized spacial score (nSPS) is 12.9. The van der Waals surface area contributed by atoms with Crippen LogP contribution < -0.4 is 5.73 Å². The lowest BCUT2D eigenvalue weighted by Gasteiger charge is -2.16. The molecule has 2 N–H and O–H groups in total. The van der Waals surface area contributed by atoms with Crippen LogP contribution in [0.3, 0.4) is 0 Å². The van der Waals surface area contributed by atoms with Gasteiger partial charge in [0.2, 0.25) is 0 Å². The highest BCUT2D eigenvalue weighted by molar-refractivity contribution is 5.35. The van der Waals surface area contributed by atoms with Gasteiger partial charge in [0.05, 0.1) is 23.9 Å². The third kappa shape index (κ3) is 2.59. The Morgan fingerprint density at radius 2 is 2.06 bits per heavy atom. The van der Waals surface area contributed by atoms with Crippen LogP contribution in [0.4, 0.5) is 4.39 Å². The maximum Gasteiger partial charge on any atom is 0.147 e. The highest BCUT2D eigenvalue weighted by Gasteiger charge is 2.15. The second-order valence-corrected chi connectivity index (χ2v) is 4.88. The largest absolute Gasteiger partial charge is 0.323 e. The molecule has 0 aliphatic rings. The van der Waals surface area contributed by atoms with Gasteiger partial charge in [0.15, 0.2) is 0 Å². The third-order valence-electron chi connectivity index (χ3n) is 2.88. The van der Waals surface area contributed by atoms with Crippen LogP contribution in [-0.4, -0.2) is 9.55 Å². The molecule has 0 amide bonds. The maximum atomic E-state index is 13.8. The van der Waals surface area contributed by atoms with Crippen LogP contribution in [0.5, 0.6) is 0 Å². The lowest BCUT2D eigenvalue weighted by atomic mass is 10.0. The number of para-hydroxylation sites is 1.